The number of para-hydroxylation sites is 2. The average Bonchev–Trinajstić information content (AvgIpc) is 3.07. The maximum absolute atomic E-state index is 12.0. The quantitative estimate of drug-likeness (QED) is 0.621. The molecule has 1 aliphatic rings. The van der Waals surface area contributed by atoms with Crippen LogP contribution in [0.1, 0.15) is 36.0 Å². The van der Waals surface area contributed by atoms with Crippen molar-refractivity contribution in [3.05, 3.63) is 40.5 Å². The van der Waals surface area contributed by atoms with E-state index in [0.29, 0.717) is 12.4 Å². The standard InChI is InChI=1S/C21H23N3O3S/c1-3-27-18(25)12-17-23-20(22-14-9-5-6-10-15(14)26-2)19-13-8-4-7-11-16(13)28-21(19)24-17/h5-6,9-10H,3-4,7-8,11-12H2,1-2H3,(H,22,23,24). The third-order valence-electron chi connectivity index (χ3n) is 4.83. The molecule has 4 rings (SSSR count). The van der Waals surface area contributed by atoms with Gasteiger partial charge in [0.15, 0.2) is 0 Å². The maximum atomic E-state index is 12.0. The molecule has 3 aromatic rings. The number of carbonyl (C=O) groups is 1. The first-order valence-corrected chi connectivity index (χ1v) is 10.4. The van der Waals surface area contributed by atoms with Crippen LogP contribution in [-0.4, -0.2) is 29.7 Å². The summed E-state index contributed by atoms with van der Waals surface area (Å²) >= 11 is 1.71. The van der Waals surface area contributed by atoms with E-state index in [0.717, 1.165) is 40.3 Å². The smallest absolute Gasteiger partial charge is 0.313 e. The lowest BCUT2D eigenvalue weighted by atomic mass is 9.97. The van der Waals surface area contributed by atoms with E-state index in [-0.39, 0.29) is 12.4 Å². The first kappa shape index (κ1) is 18.7. The van der Waals surface area contributed by atoms with E-state index in [9.17, 15) is 4.79 Å². The predicted octanol–water partition coefficient (Wildman–Crippen LogP) is 4.43. The SMILES string of the molecule is CCOC(=O)Cc1nc(Nc2ccccc2OC)c2c3c(sc2n1)CCCC3. The zero-order valence-corrected chi connectivity index (χ0v) is 16.9. The van der Waals surface area contributed by atoms with Crippen LogP contribution >= 0.6 is 11.3 Å². The molecule has 0 radical (unpaired) electrons. The van der Waals surface area contributed by atoms with Crippen molar-refractivity contribution in [3.8, 4) is 5.75 Å². The van der Waals surface area contributed by atoms with Crippen molar-refractivity contribution >= 4 is 39.0 Å². The van der Waals surface area contributed by atoms with E-state index in [1.54, 1.807) is 25.4 Å². The predicted molar refractivity (Wildman–Crippen MR) is 111 cm³/mol. The van der Waals surface area contributed by atoms with Crippen molar-refractivity contribution in [2.75, 3.05) is 19.0 Å². The zero-order valence-electron chi connectivity index (χ0n) is 16.1. The van der Waals surface area contributed by atoms with Crippen LogP contribution in [0.25, 0.3) is 10.2 Å². The number of ether oxygens (including phenoxy) is 2. The fourth-order valence-corrected chi connectivity index (χ4v) is 4.87. The summed E-state index contributed by atoms with van der Waals surface area (Å²) in [6, 6.07) is 7.74. The second-order valence-corrected chi connectivity index (χ2v) is 7.77. The summed E-state index contributed by atoms with van der Waals surface area (Å²) in [5.41, 5.74) is 2.18. The minimum atomic E-state index is -0.314. The van der Waals surface area contributed by atoms with Gasteiger partial charge in [-0.15, -0.1) is 11.3 Å². The van der Waals surface area contributed by atoms with Crippen molar-refractivity contribution in [3.63, 3.8) is 0 Å². The Morgan fingerprint density at radius 2 is 2.04 bits per heavy atom. The highest BCUT2D eigenvalue weighted by molar-refractivity contribution is 7.19. The largest absolute Gasteiger partial charge is 0.495 e. The van der Waals surface area contributed by atoms with E-state index in [2.05, 4.69) is 10.3 Å². The lowest BCUT2D eigenvalue weighted by molar-refractivity contribution is -0.142. The second-order valence-electron chi connectivity index (χ2n) is 6.69. The molecule has 0 amide bonds. The summed E-state index contributed by atoms with van der Waals surface area (Å²) in [5, 5.41) is 4.49. The number of hydrogen-bond acceptors (Lipinski definition) is 7. The van der Waals surface area contributed by atoms with Crippen molar-refractivity contribution < 1.29 is 14.3 Å². The van der Waals surface area contributed by atoms with Gasteiger partial charge in [0, 0.05) is 4.88 Å². The van der Waals surface area contributed by atoms with Crippen LogP contribution < -0.4 is 10.1 Å². The normalized spacial score (nSPS) is 13.2. The van der Waals surface area contributed by atoms with Crippen molar-refractivity contribution in [2.24, 2.45) is 0 Å². The Balaban J connectivity index is 1.81. The summed E-state index contributed by atoms with van der Waals surface area (Å²) in [6.07, 6.45) is 4.57. The number of hydrogen-bond donors (Lipinski definition) is 1. The number of aryl methyl sites for hydroxylation is 2. The highest BCUT2D eigenvalue weighted by atomic mass is 32.1. The molecule has 0 fully saturated rings. The monoisotopic (exact) mass is 397 g/mol. The molecular formula is C21H23N3O3S. The number of esters is 1. The molecule has 7 heteroatoms. The van der Waals surface area contributed by atoms with Gasteiger partial charge in [0.25, 0.3) is 0 Å². The first-order valence-electron chi connectivity index (χ1n) is 9.56. The molecule has 1 aliphatic carbocycles. The average molecular weight is 398 g/mol. The summed E-state index contributed by atoms with van der Waals surface area (Å²) in [4.78, 5) is 23.7. The van der Waals surface area contributed by atoms with Gasteiger partial charge in [-0.05, 0) is 50.3 Å². The van der Waals surface area contributed by atoms with Gasteiger partial charge in [0.05, 0.1) is 24.8 Å². The topological polar surface area (TPSA) is 73.3 Å². The number of anilines is 2. The number of rotatable bonds is 6. The highest BCUT2D eigenvalue weighted by Crippen LogP contribution is 2.40. The van der Waals surface area contributed by atoms with Crippen LogP contribution in [0.15, 0.2) is 24.3 Å². The van der Waals surface area contributed by atoms with Gasteiger partial charge in [0.2, 0.25) is 0 Å². The first-order chi connectivity index (χ1) is 13.7. The van der Waals surface area contributed by atoms with Gasteiger partial charge in [-0.3, -0.25) is 4.79 Å². The number of thiophene rings is 1. The van der Waals surface area contributed by atoms with Crippen molar-refractivity contribution in [1.29, 1.82) is 0 Å². The number of aromatic nitrogens is 2. The van der Waals surface area contributed by atoms with Gasteiger partial charge in [-0.2, -0.15) is 0 Å². The lowest BCUT2D eigenvalue weighted by Crippen LogP contribution is -2.11. The Morgan fingerprint density at radius 3 is 2.86 bits per heavy atom. The van der Waals surface area contributed by atoms with E-state index < -0.39 is 0 Å². The summed E-state index contributed by atoms with van der Waals surface area (Å²) in [6.45, 7) is 2.14. The van der Waals surface area contributed by atoms with E-state index in [1.165, 1.54) is 23.3 Å². The molecule has 0 spiro atoms. The number of carbonyl (C=O) groups excluding carboxylic acids is 1. The van der Waals surface area contributed by atoms with Crippen LogP contribution in [0, 0.1) is 0 Å². The fourth-order valence-electron chi connectivity index (χ4n) is 3.59. The fraction of sp³-hybridized carbons (Fsp3) is 0.381. The Bertz CT molecular complexity index is 1020. The summed E-state index contributed by atoms with van der Waals surface area (Å²) < 4.78 is 10.6. The van der Waals surface area contributed by atoms with Crippen LogP contribution in [-0.2, 0) is 28.8 Å². The van der Waals surface area contributed by atoms with E-state index in [1.807, 2.05) is 24.3 Å². The molecule has 28 heavy (non-hydrogen) atoms. The number of fused-ring (bicyclic) bond motifs is 3. The van der Waals surface area contributed by atoms with Crippen molar-refractivity contribution in [2.45, 2.75) is 39.0 Å². The molecule has 0 atom stereocenters. The Labute approximate surface area is 167 Å². The van der Waals surface area contributed by atoms with Crippen LogP contribution in [0.3, 0.4) is 0 Å². The second kappa shape index (κ2) is 8.14. The van der Waals surface area contributed by atoms with E-state index >= 15 is 0 Å². The molecule has 0 bridgehead atoms. The van der Waals surface area contributed by atoms with Crippen molar-refractivity contribution in [1.82, 2.24) is 9.97 Å². The van der Waals surface area contributed by atoms with E-state index in [4.69, 9.17) is 14.5 Å². The molecule has 2 heterocycles. The molecule has 0 aliphatic heterocycles. The molecule has 146 valence electrons. The zero-order chi connectivity index (χ0) is 19.5. The van der Waals surface area contributed by atoms with Crippen LogP contribution in [0.4, 0.5) is 11.5 Å². The van der Waals surface area contributed by atoms with Gasteiger partial charge < -0.3 is 14.8 Å². The molecule has 0 saturated carbocycles. The van der Waals surface area contributed by atoms with Gasteiger partial charge >= 0.3 is 5.97 Å². The van der Waals surface area contributed by atoms with Crippen LogP contribution in [0.2, 0.25) is 0 Å². The Morgan fingerprint density at radius 1 is 1.21 bits per heavy atom. The summed E-state index contributed by atoms with van der Waals surface area (Å²) in [7, 11) is 1.65. The highest BCUT2D eigenvalue weighted by Gasteiger charge is 2.22. The summed E-state index contributed by atoms with van der Waals surface area (Å²) in [5.74, 6) is 1.63. The third-order valence-corrected chi connectivity index (χ3v) is 6.01. The third kappa shape index (κ3) is 3.67. The number of methoxy groups -OCH3 is 1. The Hall–Kier alpha value is -2.67. The minimum Gasteiger partial charge on any atom is -0.495 e. The lowest BCUT2D eigenvalue weighted by Gasteiger charge is -2.14. The number of benzene rings is 1. The van der Waals surface area contributed by atoms with Gasteiger partial charge in [-0.1, -0.05) is 12.1 Å². The molecular weight excluding hydrogens is 374 g/mol. The molecule has 1 aromatic carbocycles. The molecule has 1 N–H and O–H groups in total. The maximum Gasteiger partial charge on any atom is 0.313 e. The van der Waals surface area contributed by atoms with Gasteiger partial charge in [-0.25, -0.2) is 9.97 Å². The Kier molecular flexibility index (Phi) is 5.43. The minimum absolute atomic E-state index is 0.0625. The molecule has 2 aromatic heterocycles. The number of nitrogens with zero attached hydrogens (tertiary/aromatic N) is 2. The number of nitrogens with one attached hydrogen (secondary N) is 1. The molecule has 0 saturated heterocycles. The van der Waals surface area contributed by atoms with Gasteiger partial charge in [0.1, 0.15) is 28.6 Å². The molecule has 0 unspecified atom stereocenters. The van der Waals surface area contributed by atoms with Crippen LogP contribution in [0.5, 0.6) is 5.75 Å². The molecule has 6 nitrogen and oxygen atoms in total.